The number of anilines is 2. The van der Waals surface area contributed by atoms with Gasteiger partial charge in [0.1, 0.15) is 5.75 Å². The average Bonchev–Trinajstić information content (AvgIpc) is 3.38. The van der Waals surface area contributed by atoms with Crippen LogP contribution in [0, 0.1) is 0 Å². The third kappa shape index (κ3) is 4.88. The molecule has 0 radical (unpaired) electrons. The van der Waals surface area contributed by atoms with Gasteiger partial charge in [-0.1, -0.05) is 18.2 Å². The fourth-order valence-electron chi connectivity index (χ4n) is 3.84. The minimum absolute atomic E-state index is 0.191. The molecule has 2 amide bonds. The maximum atomic E-state index is 13.1. The Hall–Kier alpha value is -3.87. The highest BCUT2D eigenvalue weighted by Crippen LogP contribution is 2.28. The molecule has 2 aromatic carbocycles. The SMILES string of the molecule is COc1ccccc1C(=O)Nc1ccc(N2CCCC2)c(C(=O)NCc2cccnc2)c1. The monoisotopic (exact) mass is 430 g/mol. The van der Waals surface area contributed by atoms with E-state index in [0.717, 1.165) is 37.2 Å². The first-order valence-electron chi connectivity index (χ1n) is 10.7. The van der Waals surface area contributed by atoms with E-state index in [1.54, 1.807) is 36.7 Å². The summed E-state index contributed by atoms with van der Waals surface area (Å²) in [7, 11) is 1.53. The predicted molar refractivity (Wildman–Crippen MR) is 124 cm³/mol. The van der Waals surface area contributed by atoms with Crippen molar-refractivity contribution in [3.05, 3.63) is 83.7 Å². The summed E-state index contributed by atoms with van der Waals surface area (Å²) in [4.78, 5) is 32.2. The molecule has 0 spiro atoms. The van der Waals surface area contributed by atoms with Crippen molar-refractivity contribution in [3.8, 4) is 5.75 Å². The zero-order chi connectivity index (χ0) is 22.3. The summed E-state index contributed by atoms with van der Waals surface area (Å²) in [6.45, 7) is 2.20. The summed E-state index contributed by atoms with van der Waals surface area (Å²) >= 11 is 0. The van der Waals surface area contributed by atoms with Gasteiger partial charge in [-0.15, -0.1) is 0 Å². The number of hydrogen-bond acceptors (Lipinski definition) is 5. The number of amides is 2. The molecule has 1 aliphatic heterocycles. The summed E-state index contributed by atoms with van der Waals surface area (Å²) in [5, 5.41) is 5.86. The number of pyridine rings is 1. The first kappa shape index (κ1) is 21.4. The van der Waals surface area contributed by atoms with E-state index in [9.17, 15) is 9.59 Å². The topological polar surface area (TPSA) is 83.6 Å². The molecule has 32 heavy (non-hydrogen) atoms. The fraction of sp³-hybridized carbons (Fsp3) is 0.240. The number of hydrogen-bond donors (Lipinski definition) is 2. The minimum atomic E-state index is -0.293. The molecule has 4 rings (SSSR count). The lowest BCUT2D eigenvalue weighted by atomic mass is 10.1. The number of benzene rings is 2. The molecule has 1 aliphatic rings. The Kier molecular flexibility index (Phi) is 6.65. The van der Waals surface area contributed by atoms with Crippen molar-refractivity contribution in [1.29, 1.82) is 0 Å². The second-order valence-corrected chi connectivity index (χ2v) is 7.62. The number of carbonyl (C=O) groups excluding carboxylic acids is 2. The lowest BCUT2D eigenvalue weighted by molar-refractivity contribution is 0.0950. The maximum absolute atomic E-state index is 13.1. The van der Waals surface area contributed by atoms with Gasteiger partial charge < -0.3 is 20.3 Å². The lowest BCUT2D eigenvalue weighted by Crippen LogP contribution is -2.27. The van der Waals surface area contributed by atoms with Crippen molar-refractivity contribution in [3.63, 3.8) is 0 Å². The molecular weight excluding hydrogens is 404 g/mol. The zero-order valence-corrected chi connectivity index (χ0v) is 18.0. The molecular formula is C25H26N4O3. The molecule has 2 N–H and O–H groups in total. The van der Waals surface area contributed by atoms with Gasteiger partial charge >= 0.3 is 0 Å². The highest BCUT2D eigenvalue weighted by molar-refractivity contribution is 6.07. The van der Waals surface area contributed by atoms with Crippen LogP contribution in [-0.4, -0.2) is 37.0 Å². The average molecular weight is 431 g/mol. The van der Waals surface area contributed by atoms with E-state index in [1.807, 2.05) is 30.3 Å². The number of methoxy groups -OCH3 is 1. The normalized spacial score (nSPS) is 13.0. The van der Waals surface area contributed by atoms with Crippen molar-refractivity contribution in [2.45, 2.75) is 19.4 Å². The van der Waals surface area contributed by atoms with Gasteiger partial charge in [0.05, 0.1) is 18.2 Å². The maximum Gasteiger partial charge on any atom is 0.259 e. The van der Waals surface area contributed by atoms with Crippen LogP contribution in [0.2, 0.25) is 0 Å². The van der Waals surface area contributed by atoms with Crippen LogP contribution in [-0.2, 0) is 6.54 Å². The number of rotatable bonds is 7. The third-order valence-electron chi connectivity index (χ3n) is 5.47. The van der Waals surface area contributed by atoms with Gasteiger partial charge in [0.25, 0.3) is 11.8 Å². The Morgan fingerprint density at radius 1 is 1.00 bits per heavy atom. The Morgan fingerprint density at radius 2 is 1.81 bits per heavy atom. The minimum Gasteiger partial charge on any atom is -0.496 e. The van der Waals surface area contributed by atoms with Crippen LogP contribution in [0.3, 0.4) is 0 Å². The van der Waals surface area contributed by atoms with E-state index in [4.69, 9.17) is 4.74 Å². The molecule has 3 aromatic rings. The highest BCUT2D eigenvalue weighted by atomic mass is 16.5. The van der Waals surface area contributed by atoms with Crippen molar-refractivity contribution in [2.75, 3.05) is 30.4 Å². The van der Waals surface area contributed by atoms with Gasteiger partial charge in [0.2, 0.25) is 0 Å². The molecule has 7 nitrogen and oxygen atoms in total. The third-order valence-corrected chi connectivity index (χ3v) is 5.47. The van der Waals surface area contributed by atoms with Gasteiger partial charge in [-0.3, -0.25) is 14.6 Å². The summed E-state index contributed by atoms with van der Waals surface area (Å²) < 4.78 is 5.29. The van der Waals surface area contributed by atoms with Crippen LogP contribution >= 0.6 is 0 Å². The van der Waals surface area contributed by atoms with Gasteiger partial charge in [-0.25, -0.2) is 0 Å². The van der Waals surface area contributed by atoms with E-state index < -0.39 is 0 Å². The van der Waals surface area contributed by atoms with E-state index in [2.05, 4.69) is 20.5 Å². The van der Waals surface area contributed by atoms with Crippen LogP contribution in [0.25, 0.3) is 0 Å². The van der Waals surface area contributed by atoms with Crippen LogP contribution in [0.1, 0.15) is 39.1 Å². The van der Waals surface area contributed by atoms with Gasteiger partial charge in [-0.05, 0) is 54.8 Å². The fourth-order valence-corrected chi connectivity index (χ4v) is 3.84. The van der Waals surface area contributed by atoms with Crippen LogP contribution < -0.4 is 20.3 Å². The molecule has 0 saturated carbocycles. The van der Waals surface area contributed by atoms with E-state index in [1.165, 1.54) is 7.11 Å². The van der Waals surface area contributed by atoms with Crippen LogP contribution in [0.5, 0.6) is 5.75 Å². The van der Waals surface area contributed by atoms with Gasteiger partial charge in [0, 0.05) is 43.4 Å². The summed E-state index contributed by atoms with van der Waals surface area (Å²) in [5.41, 5.74) is 3.32. The summed E-state index contributed by atoms with van der Waals surface area (Å²) in [6.07, 6.45) is 5.63. The molecule has 0 unspecified atom stereocenters. The summed E-state index contributed by atoms with van der Waals surface area (Å²) in [5.74, 6) is 0.00959. The van der Waals surface area contributed by atoms with Crippen molar-refractivity contribution in [1.82, 2.24) is 10.3 Å². The first-order valence-corrected chi connectivity index (χ1v) is 10.7. The van der Waals surface area contributed by atoms with Crippen LogP contribution in [0.4, 0.5) is 11.4 Å². The number of ether oxygens (including phenoxy) is 1. The van der Waals surface area contributed by atoms with Crippen molar-refractivity contribution < 1.29 is 14.3 Å². The molecule has 1 aromatic heterocycles. The van der Waals surface area contributed by atoms with Crippen molar-refractivity contribution >= 4 is 23.2 Å². The molecule has 164 valence electrons. The molecule has 0 atom stereocenters. The first-order chi connectivity index (χ1) is 15.7. The Morgan fingerprint density at radius 3 is 2.56 bits per heavy atom. The van der Waals surface area contributed by atoms with E-state index in [-0.39, 0.29) is 11.8 Å². The smallest absolute Gasteiger partial charge is 0.259 e. The highest BCUT2D eigenvalue weighted by Gasteiger charge is 2.21. The molecule has 1 saturated heterocycles. The standard InChI is InChI=1S/C25H26N4O3/c1-32-23-9-3-2-8-20(23)25(31)28-19-10-11-22(29-13-4-5-14-29)21(15-19)24(30)27-17-18-7-6-12-26-16-18/h2-3,6-12,15-16H,4-5,13-14,17H2,1H3,(H,27,30)(H,28,31). The second kappa shape index (κ2) is 9.96. The number of aromatic nitrogens is 1. The number of para-hydroxylation sites is 1. The largest absolute Gasteiger partial charge is 0.496 e. The van der Waals surface area contributed by atoms with Crippen molar-refractivity contribution in [2.24, 2.45) is 0 Å². The Labute approximate surface area is 187 Å². The molecule has 7 heteroatoms. The van der Waals surface area contributed by atoms with E-state index in [0.29, 0.717) is 29.1 Å². The molecule has 1 fully saturated rings. The zero-order valence-electron chi connectivity index (χ0n) is 18.0. The Balaban J connectivity index is 1.57. The van der Waals surface area contributed by atoms with Gasteiger partial charge in [-0.2, -0.15) is 0 Å². The number of nitrogens with zero attached hydrogens (tertiary/aromatic N) is 2. The Bertz CT molecular complexity index is 1100. The number of nitrogens with one attached hydrogen (secondary N) is 2. The van der Waals surface area contributed by atoms with Gasteiger partial charge in [0.15, 0.2) is 0 Å². The second-order valence-electron chi connectivity index (χ2n) is 7.62. The lowest BCUT2D eigenvalue weighted by Gasteiger charge is -2.22. The molecule has 2 heterocycles. The number of carbonyl (C=O) groups is 2. The summed E-state index contributed by atoms with van der Waals surface area (Å²) in [6, 6.07) is 16.3. The molecule has 0 bridgehead atoms. The quantitative estimate of drug-likeness (QED) is 0.595. The van der Waals surface area contributed by atoms with E-state index >= 15 is 0 Å². The molecule has 0 aliphatic carbocycles. The predicted octanol–water partition coefficient (Wildman–Crippen LogP) is 3.87. The van der Waals surface area contributed by atoms with Crippen LogP contribution in [0.15, 0.2) is 67.0 Å².